The molecule has 1 aliphatic heterocycles. The fourth-order valence-corrected chi connectivity index (χ4v) is 3.16. The van der Waals surface area contributed by atoms with E-state index in [0.717, 1.165) is 51.4 Å². The van der Waals surface area contributed by atoms with Crippen LogP contribution in [0.4, 0.5) is 0 Å². The summed E-state index contributed by atoms with van der Waals surface area (Å²) in [6.07, 6.45) is 4.38. The van der Waals surface area contributed by atoms with E-state index in [1.54, 1.807) is 0 Å². The van der Waals surface area contributed by atoms with E-state index in [2.05, 4.69) is 18.7 Å². The molecule has 110 valence electrons. The lowest BCUT2D eigenvalue weighted by Crippen LogP contribution is -2.52. The van der Waals surface area contributed by atoms with Gasteiger partial charge in [0.05, 0.1) is 5.92 Å². The van der Waals surface area contributed by atoms with Gasteiger partial charge in [0.15, 0.2) is 0 Å². The molecule has 4 nitrogen and oxygen atoms in total. The summed E-state index contributed by atoms with van der Waals surface area (Å²) in [6, 6.07) is 0.103. The molecule has 1 heterocycles. The summed E-state index contributed by atoms with van der Waals surface area (Å²) in [7, 11) is 0. The molecule has 2 atom stereocenters. The molecule has 2 aliphatic rings. The number of hydrogen-bond donors (Lipinski definition) is 1. The summed E-state index contributed by atoms with van der Waals surface area (Å²) in [5.41, 5.74) is 6.04. The third-order valence-electron chi connectivity index (χ3n) is 4.59. The van der Waals surface area contributed by atoms with Crippen molar-refractivity contribution in [3.63, 3.8) is 0 Å². The lowest BCUT2D eigenvalue weighted by atomic mass is 10.0. The maximum atomic E-state index is 12.4. The Morgan fingerprint density at radius 2 is 1.89 bits per heavy atom. The van der Waals surface area contributed by atoms with Crippen molar-refractivity contribution in [3.8, 4) is 0 Å². The molecule has 0 radical (unpaired) electrons. The SMILES string of the molecule is CC(C)CCN1CCN(C(=O)C2CCCC2N)CC1. The van der Waals surface area contributed by atoms with Gasteiger partial charge in [0, 0.05) is 32.2 Å². The minimum absolute atomic E-state index is 0.0993. The van der Waals surface area contributed by atoms with E-state index < -0.39 is 0 Å². The molecule has 0 bridgehead atoms. The Labute approximate surface area is 117 Å². The molecular formula is C15H29N3O. The number of piperazine rings is 1. The molecule has 0 spiro atoms. The smallest absolute Gasteiger partial charge is 0.227 e. The van der Waals surface area contributed by atoms with Crippen LogP contribution in [0.15, 0.2) is 0 Å². The number of carbonyl (C=O) groups excluding carboxylic acids is 1. The number of rotatable bonds is 4. The van der Waals surface area contributed by atoms with E-state index >= 15 is 0 Å². The molecule has 1 aliphatic carbocycles. The molecule has 19 heavy (non-hydrogen) atoms. The van der Waals surface area contributed by atoms with Gasteiger partial charge in [-0.25, -0.2) is 0 Å². The second-order valence-electron chi connectivity index (χ2n) is 6.55. The monoisotopic (exact) mass is 267 g/mol. The first kappa shape index (κ1) is 14.8. The van der Waals surface area contributed by atoms with Crippen molar-refractivity contribution in [3.05, 3.63) is 0 Å². The maximum absolute atomic E-state index is 12.4. The van der Waals surface area contributed by atoms with Gasteiger partial charge in [0.2, 0.25) is 5.91 Å². The Balaban J connectivity index is 1.75. The first-order valence-corrected chi connectivity index (χ1v) is 7.84. The number of hydrogen-bond acceptors (Lipinski definition) is 3. The van der Waals surface area contributed by atoms with Gasteiger partial charge in [0.25, 0.3) is 0 Å². The van der Waals surface area contributed by atoms with Gasteiger partial charge < -0.3 is 10.6 Å². The van der Waals surface area contributed by atoms with E-state index in [-0.39, 0.29) is 12.0 Å². The quantitative estimate of drug-likeness (QED) is 0.835. The normalized spacial score (nSPS) is 29.2. The Kier molecular flexibility index (Phi) is 5.22. The van der Waals surface area contributed by atoms with E-state index in [0.29, 0.717) is 5.91 Å². The minimum Gasteiger partial charge on any atom is -0.340 e. The Bertz CT molecular complexity index is 298. The molecule has 2 unspecified atom stereocenters. The van der Waals surface area contributed by atoms with Crippen LogP contribution in [-0.4, -0.2) is 54.5 Å². The molecule has 4 heteroatoms. The van der Waals surface area contributed by atoms with Gasteiger partial charge in [-0.1, -0.05) is 20.3 Å². The highest BCUT2D eigenvalue weighted by Crippen LogP contribution is 2.26. The van der Waals surface area contributed by atoms with Crippen LogP contribution in [0.5, 0.6) is 0 Å². The summed E-state index contributed by atoms with van der Waals surface area (Å²) in [6.45, 7) is 9.53. The van der Waals surface area contributed by atoms with Crippen molar-refractivity contribution < 1.29 is 4.79 Å². The van der Waals surface area contributed by atoms with Crippen molar-refractivity contribution in [1.29, 1.82) is 0 Å². The van der Waals surface area contributed by atoms with E-state index in [4.69, 9.17) is 5.73 Å². The fraction of sp³-hybridized carbons (Fsp3) is 0.933. The second kappa shape index (κ2) is 6.71. The number of nitrogens with two attached hydrogens (primary N) is 1. The molecule has 2 fully saturated rings. The molecule has 2 N–H and O–H groups in total. The van der Waals surface area contributed by atoms with Crippen molar-refractivity contribution >= 4 is 5.91 Å². The van der Waals surface area contributed by atoms with E-state index in [1.807, 2.05) is 4.90 Å². The van der Waals surface area contributed by atoms with Gasteiger partial charge in [-0.3, -0.25) is 9.69 Å². The molecule has 1 saturated carbocycles. The molecule has 1 saturated heterocycles. The van der Waals surface area contributed by atoms with Crippen LogP contribution < -0.4 is 5.73 Å². The van der Waals surface area contributed by atoms with Crippen molar-refractivity contribution in [2.24, 2.45) is 17.6 Å². The van der Waals surface area contributed by atoms with Crippen LogP contribution in [0, 0.1) is 11.8 Å². The molecule has 2 rings (SSSR count). The van der Waals surface area contributed by atoms with Crippen LogP contribution in [0.3, 0.4) is 0 Å². The predicted molar refractivity (Wildman–Crippen MR) is 77.8 cm³/mol. The fourth-order valence-electron chi connectivity index (χ4n) is 3.16. The third-order valence-corrected chi connectivity index (χ3v) is 4.59. The van der Waals surface area contributed by atoms with Gasteiger partial charge in [-0.05, 0) is 31.7 Å². The Morgan fingerprint density at radius 1 is 1.21 bits per heavy atom. The molecular weight excluding hydrogens is 238 g/mol. The topological polar surface area (TPSA) is 49.6 Å². The summed E-state index contributed by atoms with van der Waals surface area (Å²) in [4.78, 5) is 16.9. The summed E-state index contributed by atoms with van der Waals surface area (Å²) >= 11 is 0. The first-order valence-electron chi connectivity index (χ1n) is 7.84. The van der Waals surface area contributed by atoms with Crippen molar-refractivity contribution in [1.82, 2.24) is 9.80 Å². The number of nitrogens with zero attached hydrogens (tertiary/aromatic N) is 2. The Hall–Kier alpha value is -0.610. The van der Waals surface area contributed by atoms with Crippen LogP contribution in [0.25, 0.3) is 0 Å². The van der Waals surface area contributed by atoms with Crippen LogP contribution in [0.2, 0.25) is 0 Å². The lowest BCUT2D eigenvalue weighted by Gasteiger charge is -2.36. The molecule has 1 amide bonds. The standard InChI is InChI=1S/C15H29N3O/c1-12(2)6-7-17-8-10-18(11-9-17)15(19)13-4-3-5-14(13)16/h12-14H,3-11,16H2,1-2H3. The number of amides is 1. The zero-order valence-electron chi connectivity index (χ0n) is 12.5. The second-order valence-corrected chi connectivity index (χ2v) is 6.55. The summed E-state index contributed by atoms with van der Waals surface area (Å²) in [5.74, 6) is 1.17. The third kappa shape index (κ3) is 3.93. The molecule has 0 aromatic rings. The van der Waals surface area contributed by atoms with Crippen LogP contribution in [0.1, 0.15) is 39.5 Å². The van der Waals surface area contributed by atoms with Crippen LogP contribution >= 0.6 is 0 Å². The van der Waals surface area contributed by atoms with Gasteiger partial charge in [-0.2, -0.15) is 0 Å². The van der Waals surface area contributed by atoms with Gasteiger partial charge in [-0.15, -0.1) is 0 Å². The molecule has 0 aromatic carbocycles. The average molecular weight is 267 g/mol. The van der Waals surface area contributed by atoms with Crippen molar-refractivity contribution in [2.75, 3.05) is 32.7 Å². The lowest BCUT2D eigenvalue weighted by molar-refractivity contribution is -0.137. The van der Waals surface area contributed by atoms with Crippen LogP contribution in [-0.2, 0) is 4.79 Å². The highest BCUT2D eigenvalue weighted by molar-refractivity contribution is 5.80. The zero-order chi connectivity index (χ0) is 13.8. The van der Waals surface area contributed by atoms with Gasteiger partial charge >= 0.3 is 0 Å². The highest BCUT2D eigenvalue weighted by Gasteiger charge is 2.34. The molecule has 0 aromatic heterocycles. The van der Waals surface area contributed by atoms with Gasteiger partial charge in [0.1, 0.15) is 0 Å². The minimum atomic E-state index is 0.0993. The Morgan fingerprint density at radius 3 is 2.42 bits per heavy atom. The summed E-state index contributed by atoms with van der Waals surface area (Å²) < 4.78 is 0. The van der Waals surface area contributed by atoms with Crippen molar-refractivity contribution in [2.45, 2.75) is 45.6 Å². The van der Waals surface area contributed by atoms with E-state index in [1.165, 1.54) is 13.0 Å². The highest BCUT2D eigenvalue weighted by atomic mass is 16.2. The summed E-state index contributed by atoms with van der Waals surface area (Å²) in [5, 5.41) is 0. The number of carbonyl (C=O) groups is 1. The average Bonchev–Trinajstić information content (AvgIpc) is 2.82. The zero-order valence-corrected chi connectivity index (χ0v) is 12.5. The predicted octanol–water partition coefficient (Wildman–Crippen LogP) is 1.30. The largest absolute Gasteiger partial charge is 0.340 e. The first-order chi connectivity index (χ1) is 9.08. The maximum Gasteiger partial charge on any atom is 0.227 e. The van der Waals surface area contributed by atoms with E-state index in [9.17, 15) is 4.79 Å².